The molecular weight excluding hydrogens is 350 g/mol. The van der Waals surface area contributed by atoms with Gasteiger partial charge in [0.2, 0.25) is 5.91 Å². The summed E-state index contributed by atoms with van der Waals surface area (Å²) in [5, 5.41) is 5.58. The number of thioether (sulfide) groups is 1. The lowest BCUT2D eigenvalue weighted by molar-refractivity contribution is -0.118. The monoisotopic (exact) mass is 373 g/mol. The first-order valence-corrected chi connectivity index (χ1v) is 9.62. The lowest BCUT2D eigenvalue weighted by Crippen LogP contribution is -2.44. The van der Waals surface area contributed by atoms with Crippen molar-refractivity contribution in [2.75, 3.05) is 24.4 Å². The molecule has 0 fully saturated rings. The number of carbonyl (C=O) groups excluding carboxylic acids is 2. The number of methoxy groups -OCH3 is 1. The molecule has 0 saturated heterocycles. The fraction of sp³-hybridized carbons (Fsp3) is 0.316. The van der Waals surface area contributed by atoms with Crippen LogP contribution in [-0.4, -0.2) is 42.0 Å². The second kappa shape index (κ2) is 9.82. The van der Waals surface area contributed by atoms with E-state index in [1.165, 1.54) is 7.11 Å². The number of aryl methyl sites for hydroxylation is 1. The summed E-state index contributed by atoms with van der Waals surface area (Å²) >= 11 is 1.62. The molecule has 0 aliphatic carbocycles. The van der Waals surface area contributed by atoms with E-state index >= 15 is 0 Å². The van der Waals surface area contributed by atoms with Crippen LogP contribution in [0.1, 0.15) is 22.5 Å². The summed E-state index contributed by atoms with van der Waals surface area (Å²) in [5.74, 6) is 1.04. The number of nitrogens with zero attached hydrogens (tertiary/aromatic N) is 1. The average Bonchev–Trinajstić information content (AvgIpc) is 2.64. The van der Waals surface area contributed by atoms with Gasteiger partial charge in [0, 0.05) is 5.69 Å². The van der Waals surface area contributed by atoms with Crippen molar-refractivity contribution in [3.05, 3.63) is 53.7 Å². The molecule has 0 radical (unpaired) electrons. The van der Waals surface area contributed by atoms with E-state index in [0.29, 0.717) is 23.6 Å². The van der Waals surface area contributed by atoms with Crippen molar-refractivity contribution in [1.29, 1.82) is 0 Å². The molecule has 1 aromatic carbocycles. The third-order valence-electron chi connectivity index (χ3n) is 3.72. The molecule has 1 aromatic heterocycles. The molecule has 2 amide bonds. The highest BCUT2D eigenvalue weighted by atomic mass is 32.2. The summed E-state index contributed by atoms with van der Waals surface area (Å²) < 4.78 is 5.22. The molecule has 138 valence electrons. The van der Waals surface area contributed by atoms with Crippen molar-refractivity contribution in [2.45, 2.75) is 19.4 Å². The van der Waals surface area contributed by atoms with Crippen LogP contribution in [0.25, 0.3) is 0 Å². The number of aromatic nitrogens is 1. The number of rotatable bonds is 8. The molecule has 2 rings (SSSR count). The molecule has 0 unspecified atom stereocenters. The number of carbonyl (C=O) groups is 2. The van der Waals surface area contributed by atoms with Gasteiger partial charge in [-0.15, -0.1) is 0 Å². The Labute approximate surface area is 157 Å². The zero-order chi connectivity index (χ0) is 18.9. The number of benzene rings is 1. The first kappa shape index (κ1) is 19.8. The lowest BCUT2D eigenvalue weighted by Gasteiger charge is -2.19. The maximum absolute atomic E-state index is 12.6. The maximum Gasteiger partial charge on any atom is 0.255 e. The van der Waals surface area contributed by atoms with Crippen molar-refractivity contribution >= 4 is 29.4 Å². The van der Waals surface area contributed by atoms with Gasteiger partial charge in [0.25, 0.3) is 5.91 Å². The molecule has 1 heterocycles. The van der Waals surface area contributed by atoms with Gasteiger partial charge < -0.3 is 15.4 Å². The van der Waals surface area contributed by atoms with E-state index in [2.05, 4.69) is 15.6 Å². The first-order chi connectivity index (χ1) is 12.5. The summed E-state index contributed by atoms with van der Waals surface area (Å²) in [6.07, 6.45) is 2.47. The van der Waals surface area contributed by atoms with Crippen LogP contribution in [0.4, 0.5) is 5.82 Å². The topological polar surface area (TPSA) is 80.3 Å². The van der Waals surface area contributed by atoms with Gasteiger partial charge >= 0.3 is 0 Å². The van der Waals surface area contributed by atoms with Gasteiger partial charge in [0.1, 0.15) is 17.6 Å². The zero-order valence-electron chi connectivity index (χ0n) is 15.1. The number of hydrogen-bond donors (Lipinski definition) is 2. The van der Waals surface area contributed by atoms with E-state index in [0.717, 1.165) is 11.4 Å². The van der Waals surface area contributed by atoms with Crippen molar-refractivity contribution < 1.29 is 14.3 Å². The number of para-hydroxylation sites is 1. The van der Waals surface area contributed by atoms with Gasteiger partial charge in [-0.2, -0.15) is 11.8 Å². The molecule has 2 N–H and O–H groups in total. The van der Waals surface area contributed by atoms with E-state index < -0.39 is 6.04 Å². The summed E-state index contributed by atoms with van der Waals surface area (Å²) in [4.78, 5) is 29.5. The van der Waals surface area contributed by atoms with Crippen LogP contribution >= 0.6 is 11.8 Å². The minimum Gasteiger partial charge on any atom is -0.496 e. The smallest absolute Gasteiger partial charge is 0.255 e. The van der Waals surface area contributed by atoms with Crippen LogP contribution in [0.3, 0.4) is 0 Å². The predicted molar refractivity (Wildman–Crippen MR) is 105 cm³/mol. The Kier molecular flexibility index (Phi) is 7.47. The summed E-state index contributed by atoms with van der Waals surface area (Å²) in [5.41, 5.74) is 1.20. The fourth-order valence-corrected chi connectivity index (χ4v) is 2.87. The van der Waals surface area contributed by atoms with Gasteiger partial charge in [0.05, 0.1) is 12.7 Å². The number of anilines is 1. The van der Waals surface area contributed by atoms with Gasteiger partial charge in [0.15, 0.2) is 0 Å². The molecule has 6 nitrogen and oxygen atoms in total. The molecular formula is C19H23N3O3S. The highest BCUT2D eigenvalue weighted by molar-refractivity contribution is 7.98. The number of nitrogens with one attached hydrogen (secondary N) is 2. The Hall–Kier alpha value is -2.54. The van der Waals surface area contributed by atoms with E-state index in [-0.39, 0.29) is 11.8 Å². The molecule has 0 spiro atoms. The average molecular weight is 373 g/mol. The quantitative estimate of drug-likeness (QED) is 0.744. The van der Waals surface area contributed by atoms with Gasteiger partial charge in [-0.05, 0) is 49.6 Å². The summed E-state index contributed by atoms with van der Waals surface area (Å²) in [6, 6.07) is 11.7. The minimum absolute atomic E-state index is 0.291. The van der Waals surface area contributed by atoms with Crippen LogP contribution in [-0.2, 0) is 4.79 Å². The highest BCUT2D eigenvalue weighted by Gasteiger charge is 2.23. The van der Waals surface area contributed by atoms with Crippen LogP contribution in [0.5, 0.6) is 5.75 Å². The molecule has 0 saturated carbocycles. The highest BCUT2D eigenvalue weighted by Crippen LogP contribution is 2.17. The predicted octanol–water partition coefficient (Wildman–Crippen LogP) is 2.89. The van der Waals surface area contributed by atoms with Crippen LogP contribution in [0.15, 0.2) is 42.5 Å². The van der Waals surface area contributed by atoms with Crippen molar-refractivity contribution in [1.82, 2.24) is 10.3 Å². The standard InChI is InChI=1S/C19H23N3O3S/c1-13-7-6-10-17(20-13)22-19(24)15(11-12-26-3)21-18(23)14-8-4-5-9-16(14)25-2/h4-10,15H,11-12H2,1-3H3,(H,21,23)(H,20,22,24)/t15-/m0/s1. The molecule has 0 aliphatic rings. The number of pyridine rings is 1. The molecule has 0 aliphatic heterocycles. The molecule has 0 bridgehead atoms. The summed E-state index contributed by atoms with van der Waals surface area (Å²) in [6.45, 7) is 1.85. The van der Waals surface area contributed by atoms with E-state index in [4.69, 9.17) is 4.74 Å². The van der Waals surface area contributed by atoms with Crippen LogP contribution in [0, 0.1) is 6.92 Å². The Bertz CT molecular complexity index is 767. The number of hydrogen-bond acceptors (Lipinski definition) is 5. The van der Waals surface area contributed by atoms with Gasteiger partial charge in [-0.25, -0.2) is 4.98 Å². The van der Waals surface area contributed by atoms with Gasteiger partial charge in [-0.3, -0.25) is 9.59 Å². The SMILES string of the molecule is COc1ccccc1C(=O)N[C@@H](CCSC)C(=O)Nc1cccc(C)n1. The molecule has 2 aromatic rings. The Morgan fingerprint density at radius 1 is 1.19 bits per heavy atom. The minimum atomic E-state index is -0.665. The molecule has 1 atom stereocenters. The normalized spacial score (nSPS) is 11.5. The Morgan fingerprint density at radius 2 is 1.96 bits per heavy atom. The largest absolute Gasteiger partial charge is 0.496 e. The second-order valence-electron chi connectivity index (χ2n) is 5.66. The van der Waals surface area contributed by atoms with E-state index in [1.54, 1.807) is 42.1 Å². The van der Waals surface area contributed by atoms with E-state index in [1.807, 2.05) is 25.3 Å². The third kappa shape index (κ3) is 5.49. The Morgan fingerprint density at radius 3 is 2.65 bits per heavy atom. The lowest BCUT2D eigenvalue weighted by atomic mass is 10.1. The number of amides is 2. The molecule has 7 heteroatoms. The van der Waals surface area contributed by atoms with Crippen LogP contribution in [0.2, 0.25) is 0 Å². The van der Waals surface area contributed by atoms with Crippen molar-refractivity contribution in [3.8, 4) is 5.75 Å². The third-order valence-corrected chi connectivity index (χ3v) is 4.37. The second-order valence-corrected chi connectivity index (χ2v) is 6.65. The number of ether oxygens (including phenoxy) is 1. The van der Waals surface area contributed by atoms with E-state index in [9.17, 15) is 9.59 Å². The zero-order valence-corrected chi connectivity index (χ0v) is 15.9. The maximum atomic E-state index is 12.6. The van der Waals surface area contributed by atoms with Crippen molar-refractivity contribution in [3.63, 3.8) is 0 Å². The Balaban J connectivity index is 2.13. The molecule has 26 heavy (non-hydrogen) atoms. The fourth-order valence-electron chi connectivity index (χ4n) is 2.40. The first-order valence-electron chi connectivity index (χ1n) is 8.22. The van der Waals surface area contributed by atoms with Crippen LogP contribution < -0.4 is 15.4 Å². The summed E-state index contributed by atoms with van der Waals surface area (Å²) in [7, 11) is 1.51. The van der Waals surface area contributed by atoms with Gasteiger partial charge in [-0.1, -0.05) is 18.2 Å². The van der Waals surface area contributed by atoms with Crippen molar-refractivity contribution in [2.24, 2.45) is 0 Å².